The van der Waals surface area contributed by atoms with Gasteiger partial charge in [-0.1, -0.05) is 48.5 Å². The Labute approximate surface area is 218 Å². The lowest BCUT2D eigenvalue weighted by Crippen LogP contribution is -2.30. The van der Waals surface area contributed by atoms with Crippen LogP contribution in [0.2, 0.25) is 0 Å². The van der Waals surface area contributed by atoms with Crippen molar-refractivity contribution in [2.24, 2.45) is 11.7 Å². The highest BCUT2D eigenvalue weighted by molar-refractivity contribution is 6.09. The van der Waals surface area contributed by atoms with Crippen molar-refractivity contribution in [1.82, 2.24) is 10.3 Å². The molecule has 2 atom stereocenters. The zero-order valence-corrected chi connectivity index (χ0v) is 21.0. The second-order valence-corrected chi connectivity index (χ2v) is 9.46. The summed E-state index contributed by atoms with van der Waals surface area (Å²) >= 11 is 0. The van der Waals surface area contributed by atoms with Gasteiger partial charge in [-0.2, -0.15) is 13.2 Å². The molecule has 2 amide bonds. The number of primary amides is 1. The van der Waals surface area contributed by atoms with Gasteiger partial charge in [-0.15, -0.1) is 0 Å². The number of benzene rings is 2. The number of nitrogens with two attached hydrogens (primary N) is 1. The van der Waals surface area contributed by atoms with Gasteiger partial charge in [0.2, 0.25) is 0 Å². The number of allylic oxidation sites excluding steroid dienone is 3. The number of aliphatic hydroxyl groups excluding tert-OH is 1. The molecule has 0 aliphatic heterocycles. The Morgan fingerprint density at radius 2 is 1.84 bits per heavy atom. The molecule has 1 aliphatic carbocycles. The minimum absolute atomic E-state index is 0.000679. The van der Waals surface area contributed by atoms with E-state index in [0.29, 0.717) is 29.3 Å². The molecule has 0 spiro atoms. The van der Waals surface area contributed by atoms with Crippen LogP contribution in [-0.4, -0.2) is 28.1 Å². The number of carbonyl (C=O) groups excluding carboxylic acids is 2. The second kappa shape index (κ2) is 10.8. The first-order valence-corrected chi connectivity index (χ1v) is 12.2. The van der Waals surface area contributed by atoms with Gasteiger partial charge >= 0.3 is 6.18 Å². The maximum absolute atomic E-state index is 14.1. The molecule has 9 heteroatoms. The van der Waals surface area contributed by atoms with Crippen molar-refractivity contribution in [3.8, 4) is 0 Å². The van der Waals surface area contributed by atoms with Crippen LogP contribution in [0.3, 0.4) is 0 Å². The Bertz CT molecular complexity index is 1440. The molecule has 0 radical (unpaired) electrons. The van der Waals surface area contributed by atoms with E-state index in [-0.39, 0.29) is 29.3 Å². The number of halogens is 3. The molecule has 0 saturated carbocycles. The zero-order chi connectivity index (χ0) is 27.6. The van der Waals surface area contributed by atoms with Crippen LogP contribution >= 0.6 is 0 Å². The lowest BCUT2D eigenvalue weighted by molar-refractivity contribution is -0.0900. The van der Waals surface area contributed by atoms with Crippen LogP contribution in [0.15, 0.2) is 77.5 Å². The molecule has 1 aliphatic rings. The first kappa shape index (κ1) is 27.1. The van der Waals surface area contributed by atoms with Gasteiger partial charge in [-0.25, -0.2) is 4.98 Å². The number of nitrogens with one attached hydrogen (secondary N) is 1. The van der Waals surface area contributed by atoms with Crippen LogP contribution in [0.1, 0.15) is 64.8 Å². The summed E-state index contributed by atoms with van der Waals surface area (Å²) in [5.41, 5.74) is 6.43. The van der Waals surface area contributed by atoms with E-state index in [1.165, 1.54) is 6.07 Å². The van der Waals surface area contributed by atoms with E-state index >= 15 is 0 Å². The molecule has 3 aromatic rings. The topological polar surface area (TPSA) is 105 Å². The van der Waals surface area contributed by atoms with Crippen molar-refractivity contribution in [1.29, 1.82) is 0 Å². The highest BCUT2D eigenvalue weighted by atomic mass is 19.4. The summed E-state index contributed by atoms with van der Waals surface area (Å²) in [6.07, 6.45) is -3.07. The van der Waals surface area contributed by atoms with E-state index in [2.05, 4.69) is 10.3 Å². The van der Waals surface area contributed by atoms with Gasteiger partial charge in [0.25, 0.3) is 11.8 Å². The summed E-state index contributed by atoms with van der Waals surface area (Å²) < 4.78 is 42.4. The summed E-state index contributed by atoms with van der Waals surface area (Å²) in [6, 6.07) is 15.0. The molecule has 1 heterocycles. The first-order chi connectivity index (χ1) is 18.0. The molecule has 0 bridgehead atoms. The summed E-state index contributed by atoms with van der Waals surface area (Å²) in [4.78, 5) is 29.4. The van der Waals surface area contributed by atoms with Crippen molar-refractivity contribution in [3.05, 3.63) is 99.9 Å². The number of para-hydroxylation sites is 1. The normalized spacial score (nSPS) is 17.1. The summed E-state index contributed by atoms with van der Waals surface area (Å²) in [5.74, 6) is -1.92. The van der Waals surface area contributed by atoms with E-state index in [1.807, 2.05) is 12.1 Å². The summed E-state index contributed by atoms with van der Waals surface area (Å²) in [7, 11) is 0. The SMILES string of the molecule is CC1=C(NC(=O)c2cc(C(N)=O)nc3ccccc23)C(C(F)(F)F)=CCCC1Cc1ccc(C(C)O)cc1. The van der Waals surface area contributed by atoms with Crippen LogP contribution in [0.4, 0.5) is 13.2 Å². The van der Waals surface area contributed by atoms with Crippen molar-refractivity contribution in [2.75, 3.05) is 0 Å². The molecule has 38 heavy (non-hydrogen) atoms. The third-order valence-corrected chi connectivity index (χ3v) is 6.84. The van der Waals surface area contributed by atoms with Crippen molar-refractivity contribution in [3.63, 3.8) is 0 Å². The Balaban J connectivity index is 1.74. The van der Waals surface area contributed by atoms with Gasteiger partial charge in [0, 0.05) is 5.39 Å². The van der Waals surface area contributed by atoms with Gasteiger partial charge in [0.1, 0.15) is 5.69 Å². The van der Waals surface area contributed by atoms with E-state index in [0.717, 1.165) is 17.2 Å². The monoisotopic (exact) mass is 523 g/mol. The van der Waals surface area contributed by atoms with Crippen molar-refractivity contribution >= 4 is 22.7 Å². The Morgan fingerprint density at radius 1 is 1.16 bits per heavy atom. The number of aromatic nitrogens is 1. The lowest BCUT2D eigenvalue weighted by atomic mass is 9.88. The van der Waals surface area contributed by atoms with Crippen LogP contribution in [-0.2, 0) is 6.42 Å². The smallest absolute Gasteiger partial charge is 0.389 e. The highest BCUT2D eigenvalue weighted by Crippen LogP contribution is 2.38. The molecule has 0 fully saturated rings. The Hall–Kier alpha value is -3.98. The number of carbonyl (C=O) groups is 2. The molecule has 4 N–H and O–H groups in total. The van der Waals surface area contributed by atoms with Crippen LogP contribution in [0.5, 0.6) is 0 Å². The third kappa shape index (κ3) is 5.78. The predicted octanol–water partition coefficient (Wildman–Crippen LogP) is 5.53. The molecule has 0 saturated heterocycles. The number of fused-ring (bicyclic) bond motifs is 1. The van der Waals surface area contributed by atoms with Gasteiger partial charge < -0.3 is 16.2 Å². The molecule has 2 unspecified atom stereocenters. The van der Waals surface area contributed by atoms with Gasteiger partial charge in [0.15, 0.2) is 0 Å². The number of rotatable bonds is 6. The van der Waals surface area contributed by atoms with E-state index in [1.54, 1.807) is 50.2 Å². The van der Waals surface area contributed by atoms with E-state index < -0.39 is 29.7 Å². The molecule has 2 aromatic carbocycles. The van der Waals surface area contributed by atoms with Crippen LogP contribution in [0.25, 0.3) is 10.9 Å². The summed E-state index contributed by atoms with van der Waals surface area (Å²) in [5, 5.41) is 12.7. The number of hydrogen-bond donors (Lipinski definition) is 3. The molecule has 1 aromatic heterocycles. The number of aliphatic hydroxyl groups is 1. The average Bonchev–Trinajstić information content (AvgIpc) is 3.02. The van der Waals surface area contributed by atoms with Gasteiger partial charge in [-0.3, -0.25) is 9.59 Å². The fraction of sp³-hybridized carbons (Fsp3) is 0.276. The Kier molecular flexibility index (Phi) is 7.68. The zero-order valence-electron chi connectivity index (χ0n) is 21.0. The minimum atomic E-state index is -4.68. The van der Waals surface area contributed by atoms with Crippen LogP contribution < -0.4 is 11.1 Å². The number of pyridine rings is 1. The molecule has 198 valence electrons. The maximum Gasteiger partial charge on any atom is 0.418 e. The number of amides is 2. The molecule has 4 rings (SSSR count). The standard InChI is InChI=1S/C29H28F3N3O3/c1-16-20(14-18-10-12-19(13-11-18)17(2)36)6-5-8-23(29(30,31)32)26(16)35-28(38)22-15-25(27(33)37)34-24-9-4-3-7-21(22)24/h3-4,7-13,15,17,20,36H,5-6,14H2,1-2H3,(H2,33,37)(H,35,38). The fourth-order valence-electron chi connectivity index (χ4n) is 4.73. The summed E-state index contributed by atoms with van der Waals surface area (Å²) in [6.45, 7) is 3.26. The quantitative estimate of drug-likeness (QED) is 0.395. The van der Waals surface area contributed by atoms with Crippen molar-refractivity contribution < 1.29 is 27.9 Å². The van der Waals surface area contributed by atoms with Gasteiger partial charge in [0.05, 0.1) is 28.5 Å². The second-order valence-electron chi connectivity index (χ2n) is 9.46. The largest absolute Gasteiger partial charge is 0.418 e. The van der Waals surface area contributed by atoms with E-state index in [9.17, 15) is 27.9 Å². The van der Waals surface area contributed by atoms with Crippen LogP contribution in [0, 0.1) is 5.92 Å². The molecule has 6 nitrogen and oxygen atoms in total. The molecular formula is C29H28F3N3O3. The lowest BCUT2D eigenvalue weighted by Gasteiger charge is -2.22. The number of nitrogens with zero attached hydrogens (tertiary/aromatic N) is 1. The minimum Gasteiger partial charge on any atom is -0.389 e. The first-order valence-electron chi connectivity index (χ1n) is 12.2. The molecular weight excluding hydrogens is 495 g/mol. The number of alkyl halides is 3. The number of hydrogen-bond acceptors (Lipinski definition) is 4. The van der Waals surface area contributed by atoms with Crippen molar-refractivity contribution in [2.45, 2.75) is 45.4 Å². The maximum atomic E-state index is 14.1. The average molecular weight is 524 g/mol. The highest BCUT2D eigenvalue weighted by Gasteiger charge is 2.39. The predicted molar refractivity (Wildman–Crippen MR) is 138 cm³/mol. The van der Waals surface area contributed by atoms with Gasteiger partial charge in [-0.05, 0) is 67.9 Å². The van der Waals surface area contributed by atoms with E-state index in [4.69, 9.17) is 5.73 Å². The fourth-order valence-corrected chi connectivity index (χ4v) is 4.73. The third-order valence-electron chi connectivity index (χ3n) is 6.84. The Morgan fingerprint density at radius 3 is 2.47 bits per heavy atom.